The van der Waals surface area contributed by atoms with Crippen LogP contribution in [0.1, 0.15) is 19.8 Å². The van der Waals surface area contributed by atoms with E-state index in [0.29, 0.717) is 19.1 Å². The molecule has 0 bridgehead atoms. The maximum Gasteiger partial charge on any atom is 0.219 e. The van der Waals surface area contributed by atoms with Gasteiger partial charge in [0.1, 0.15) is 5.82 Å². The molecule has 3 aliphatic heterocycles. The number of carbonyl (C=O) groups is 1. The monoisotopic (exact) mass is 373 g/mol. The Balaban J connectivity index is 1.22. The van der Waals surface area contributed by atoms with Gasteiger partial charge < -0.3 is 14.9 Å². The number of pyridine rings is 1. The Bertz CT molecular complexity index is 643. The first-order valence-corrected chi connectivity index (χ1v) is 10.1. The van der Waals surface area contributed by atoms with E-state index < -0.39 is 5.60 Å². The predicted molar refractivity (Wildman–Crippen MR) is 105 cm³/mol. The molecule has 4 heterocycles. The summed E-state index contributed by atoms with van der Waals surface area (Å²) in [5.74, 6) is 1.14. The summed E-state index contributed by atoms with van der Waals surface area (Å²) in [7, 11) is 0. The van der Waals surface area contributed by atoms with Crippen LogP contribution in [0.15, 0.2) is 24.4 Å². The first-order chi connectivity index (χ1) is 13.0. The number of piperidine rings is 1. The summed E-state index contributed by atoms with van der Waals surface area (Å²) >= 11 is 0. The normalized spacial score (nSPS) is 28.2. The minimum atomic E-state index is -0.743. The molecule has 1 unspecified atom stereocenters. The van der Waals surface area contributed by atoms with Gasteiger partial charge in [0.15, 0.2) is 0 Å². The zero-order valence-corrected chi connectivity index (χ0v) is 16.3. The first kappa shape index (κ1) is 18.7. The Kier molecular flexibility index (Phi) is 5.34. The van der Waals surface area contributed by atoms with E-state index in [2.05, 4.69) is 25.8 Å². The van der Waals surface area contributed by atoms with Crippen LogP contribution in [0, 0.1) is 0 Å². The number of piperazine rings is 1. The van der Waals surface area contributed by atoms with E-state index in [1.54, 1.807) is 11.8 Å². The second-order valence-corrected chi connectivity index (χ2v) is 8.33. The SMILES string of the molecule is CC(=O)N1CCCC(O)(CN2CC(N3CCN(c4ccccn4)CC3)C2)C1. The highest BCUT2D eigenvalue weighted by Crippen LogP contribution is 2.26. The van der Waals surface area contributed by atoms with Crippen LogP contribution in [-0.4, -0.2) is 101 Å². The van der Waals surface area contributed by atoms with Crippen molar-refractivity contribution in [3.05, 3.63) is 24.4 Å². The molecule has 0 saturated carbocycles. The molecule has 27 heavy (non-hydrogen) atoms. The van der Waals surface area contributed by atoms with Crippen molar-refractivity contribution in [3.63, 3.8) is 0 Å². The number of hydrogen-bond acceptors (Lipinski definition) is 6. The summed E-state index contributed by atoms with van der Waals surface area (Å²) < 4.78 is 0. The van der Waals surface area contributed by atoms with Gasteiger partial charge in [0.25, 0.3) is 0 Å². The van der Waals surface area contributed by atoms with E-state index in [9.17, 15) is 9.90 Å². The molecular formula is C20H31N5O2. The fourth-order valence-corrected chi connectivity index (χ4v) is 4.69. The van der Waals surface area contributed by atoms with Gasteiger partial charge in [0.2, 0.25) is 5.91 Å². The Morgan fingerprint density at radius 2 is 2.00 bits per heavy atom. The summed E-state index contributed by atoms with van der Waals surface area (Å²) in [6.07, 6.45) is 3.54. The van der Waals surface area contributed by atoms with Gasteiger partial charge >= 0.3 is 0 Å². The number of carbonyl (C=O) groups excluding carboxylic acids is 1. The van der Waals surface area contributed by atoms with Gasteiger partial charge in [-0.3, -0.25) is 14.6 Å². The summed E-state index contributed by atoms with van der Waals surface area (Å²) in [5, 5.41) is 10.9. The lowest BCUT2D eigenvalue weighted by Crippen LogP contribution is -2.66. The smallest absolute Gasteiger partial charge is 0.219 e. The summed E-state index contributed by atoms with van der Waals surface area (Å²) in [5.41, 5.74) is -0.743. The van der Waals surface area contributed by atoms with E-state index in [0.717, 1.165) is 64.5 Å². The molecule has 0 spiro atoms. The van der Waals surface area contributed by atoms with Gasteiger partial charge in [-0.1, -0.05) is 6.07 Å². The topological polar surface area (TPSA) is 63.2 Å². The molecule has 0 aromatic carbocycles. The van der Waals surface area contributed by atoms with Crippen molar-refractivity contribution in [3.8, 4) is 0 Å². The molecule has 4 rings (SSSR count). The quantitative estimate of drug-likeness (QED) is 0.817. The average molecular weight is 374 g/mol. The maximum absolute atomic E-state index is 11.6. The number of nitrogens with zero attached hydrogens (tertiary/aromatic N) is 5. The van der Waals surface area contributed by atoms with Crippen LogP contribution in [0.25, 0.3) is 0 Å². The van der Waals surface area contributed by atoms with Crippen LogP contribution < -0.4 is 4.90 Å². The van der Waals surface area contributed by atoms with Crippen LogP contribution >= 0.6 is 0 Å². The molecule has 148 valence electrons. The number of rotatable bonds is 4. The van der Waals surface area contributed by atoms with Crippen LogP contribution in [0.3, 0.4) is 0 Å². The molecule has 3 aliphatic rings. The molecule has 1 amide bonds. The highest BCUT2D eigenvalue weighted by atomic mass is 16.3. The lowest BCUT2D eigenvalue weighted by atomic mass is 9.90. The minimum absolute atomic E-state index is 0.0698. The van der Waals surface area contributed by atoms with E-state index in [-0.39, 0.29) is 5.91 Å². The van der Waals surface area contributed by atoms with Crippen molar-refractivity contribution in [2.75, 3.05) is 63.8 Å². The van der Waals surface area contributed by atoms with Gasteiger partial charge in [-0.15, -0.1) is 0 Å². The second-order valence-electron chi connectivity index (χ2n) is 8.33. The Morgan fingerprint density at radius 3 is 2.67 bits per heavy atom. The van der Waals surface area contributed by atoms with Crippen LogP contribution in [0.2, 0.25) is 0 Å². The highest BCUT2D eigenvalue weighted by molar-refractivity contribution is 5.73. The molecule has 0 aliphatic carbocycles. The fraction of sp³-hybridized carbons (Fsp3) is 0.700. The molecule has 1 aromatic heterocycles. The number of likely N-dealkylation sites (tertiary alicyclic amines) is 2. The summed E-state index contributed by atoms with van der Waals surface area (Å²) in [6, 6.07) is 6.67. The van der Waals surface area contributed by atoms with Gasteiger partial charge in [-0.05, 0) is 25.0 Å². The Hall–Kier alpha value is -1.70. The lowest BCUT2D eigenvalue weighted by Gasteiger charge is -2.51. The zero-order chi connectivity index (χ0) is 18.9. The number of β-amino-alcohol motifs (C(OH)–C–C–N with tert-alkyl or cyclic N) is 1. The average Bonchev–Trinajstić information content (AvgIpc) is 2.65. The van der Waals surface area contributed by atoms with E-state index in [1.807, 2.05) is 18.3 Å². The number of aromatic nitrogens is 1. The Labute approximate surface area is 161 Å². The fourth-order valence-electron chi connectivity index (χ4n) is 4.69. The van der Waals surface area contributed by atoms with E-state index in [1.165, 1.54) is 0 Å². The van der Waals surface area contributed by atoms with Gasteiger partial charge in [-0.2, -0.15) is 0 Å². The molecule has 1 atom stereocenters. The number of anilines is 1. The molecular weight excluding hydrogens is 342 g/mol. The second kappa shape index (κ2) is 7.73. The zero-order valence-electron chi connectivity index (χ0n) is 16.3. The standard InChI is InChI=1S/C20H31N5O2/c1-17(26)25-8-4-6-20(27,16-25)15-22-13-18(14-22)23-9-11-24(12-10-23)19-5-2-3-7-21-19/h2-3,5,7,18,27H,4,6,8-16H2,1H3. The summed E-state index contributed by atoms with van der Waals surface area (Å²) in [6.45, 7) is 9.74. The van der Waals surface area contributed by atoms with Crippen LogP contribution in [0.5, 0.6) is 0 Å². The maximum atomic E-state index is 11.6. The first-order valence-electron chi connectivity index (χ1n) is 10.1. The molecule has 0 radical (unpaired) electrons. The van der Waals surface area contributed by atoms with Crippen molar-refractivity contribution in [2.24, 2.45) is 0 Å². The third kappa shape index (κ3) is 4.25. The lowest BCUT2D eigenvalue weighted by molar-refractivity contribution is -0.138. The van der Waals surface area contributed by atoms with Crippen molar-refractivity contribution < 1.29 is 9.90 Å². The Morgan fingerprint density at radius 1 is 1.22 bits per heavy atom. The molecule has 3 saturated heterocycles. The van der Waals surface area contributed by atoms with Crippen molar-refractivity contribution in [2.45, 2.75) is 31.4 Å². The largest absolute Gasteiger partial charge is 0.387 e. The summed E-state index contributed by atoms with van der Waals surface area (Å²) in [4.78, 5) is 25.1. The van der Waals surface area contributed by atoms with E-state index in [4.69, 9.17) is 0 Å². The minimum Gasteiger partial charge on any atom is -0.387 e. The molecule has 1 aromatic rings. The molecule has 7 heteroatoms. The molecule has 7 nitrogen and oxygen atoms in total. The van der Waals surface area contributed by atoms with Crippen molar-refractivity contribution in [1.82, 2.24) is 19.7 Å². The number of amides is 1. The molecule has 1 N–H and O–H groups in total. The third-order valence-electron chi connectivity index (χ3n) is 6.26. The van der Waals surface area contributed by atoms with Gasteiger partial charge in [-0.25, -0.2) is 4.98 Å². The van der Waals surface area contributed by atoms with Crippen LogP contribution in [0.4, 0.5) is 5.82 Å². The number of hydrogen-bond donors (Lipinski definition) is 1. The van der Waals surface area contributed by atoms with Crippen LogP contribution in [-0.2, 0) is 4.79 Å². The van der Waals surface area contributed by atoms with E-state index >= 15 is 0 Å². The highest BCUT2D eigenvalue weighted by Gasteiger charge is 2.41. The van der Waals surface area contributed by atoms with Gasteiger partial charge in [0.05, 0.1) is 12.1 Å². The third-order valence-corrected chi connectivity index (χ3v) is 6.26. The predicted octanol–water partition coefficient (Wildman–Crippen LogP) is 0.261. The van der Waals surface area contributed by atoms with Crippen molar-refractivity contribution in [1.29, 1.82) is 0 Å². The van der Waals surface area contributed by atoms with Crippen molar-refractivity contribution >= 4 is 11.7 Å². The number of aliphatic hydroxyl groups is 1. The van der Waals surface area contributed by atoms with Gasteiger partial charge in [0, 0.05) is 71.5 Å². The molecule has 3 fully saturated rings.